The third-order valence-corrected chi connectivity index (χ3v) is 6.85. The van der Waals surface area contributed by atoms with E-state index in [2.05, 4.69) is 16.6 Å². The van der Waals surface area contributed by atoms with Gasteiger partial charge in [0.2, 0.25) is 15.9 Å². The van der Waals surface area contributed by atoms with Crippen molar-refractivity contribution in [1.29, 1.82) is 0 Å². The van der Waals surface area contributed by atoms with Gasteiger partial charge in [0.15, 0.2) is 0 Å². The molecule has 0 heterocycles. The van der Waals surface area contributed by atoms with Crippen molar-refractivity contribution in [1.82, 2.24) is 4.72 Å². The molecule has 160 valence electrons. The molecule has 2 N–H and O–H groups in total. The van der Waals surface area contributed by atoms with Crippen molar-refractivity contribution in [2.75, 3.05) is 11.9 Å². The first kappa shape index (κ1) is 22.2. The minimum Gasteiger partial charge on any atom is -0.325 e. The van der Waals surface area contributed by atoms with Gasteiger partial charge in [-0.3, -0.25) is 4.79 Å². The van der Waals surface area contributed by atoms with Crippen LogP contribution in [0.5, 0.6) is 0 Å². The zero-order chi connectivity index (χ0) is 21.6. The largest absolute Gasteiger partial charge is 0.325 e. The van der Waals surface area contributed by atoms with E-state index in [-0.39, 0.29) is 24.0 Å². The fourth-order valence-electron chi connectivity index (χ4n) is 3.98. The van der Waals surface area contributed by atoms with E-state index in [1.54, 1.807) is 30.3 Å². The minimum atomic E-state index is -3.44. The lowest BCUT2D eigenvalue weighted by Gasteiger charge is -2.36. The molecular formula is C23H27FN2O3S. The molecule has 2 aromatic rings. The summed E-state index contributed by atoms with van der Waals surface area (Å²) >= 11 is 0. The molecule has 3 rings (SSSR count). The molecule has 0 radical (unpaired) electrons. The summed E-state index contributed by atoms with van der Waals surface area (Å²) in [6, 6.07) is 13.0. The molecule has 1 fully saturated rings. The number of halogens is 1. The number of carbonyl (C=O) groups is 1. The molecule has 1 aliphatic rings. The average molecular weight is 431 g/mol. The zero-order valence-electron chi connectivity index (χ0n) is 16.9. The van der Waals surface area contributed by atoms with Gasteiger partial charge in [0.05, 0.1) is 11.2 Å². The third-order valence-electron chi connectivity index (χ3n) is 5.54. The van der Waals surface area contributed by atoms with Crippen molar-refractivity contribution in [2.45, 2.75) is 43.3 Å². The third kappa shape index (κ3) is 5.34. The quantitative estimate of drug-likeness (QED) is 0.614. The van der Waals surface area contributed by atoms with Crippen LogP contribution >= 0.6 is 0 Å². The molecule has 2 aromatic carbocycles. The molecule has 0 unspecified atom stereocenters. The smallest absolute Gasteiger partial charge is 0.235 e. The van der Waals surface area contributed by atoms with E-state index in [0.29, 0.717) is 29.7 Å². The zero-order valence-corrected chi connectivity index (χ0v) is 17.7. The standard InChI is InChI=1S/C23H27FN2O3S/c1-2-15-25-30(28,29)17-18-9-11-21(12-10-18)26-22(27)23(13-4-3-5-14-23)19-7-6-8-20(24)16-19/h2,6-12,16,25H,1,3-5,13-15,17H2,(H,26,27). The molecule has 0 saturated heterocycles. The van der Waals surface area contributed by atoms with E-state index in [4.69, 9.17) is 0 Å². The maximum atomic E-state index is 13.8. The second kappa shape index (κ2) is 9.53. The van der Waals surface area contributed by atoms with Gasteiger partial charge in [0, 0.05) is 12.2 Å². The van der Waals surface area contributed by atoms with Crippen molar-refractivity contribution in [3.8, 4) is 0 Å². The molecule has 0 spiro atoms. The molecule has 1 amide bonds. The van der Waals surface area contributed by atoms with Crippen molar-refractivity contribution in [2.24, 2.45) is 0 Å². The highest BCUT2D eigenvalue weighted by molar-refractivity contribution is 7.88. The Morgan fingerprint density at radius 2 is 1.80 bits per heavy atom. The van der Waals surface area contributed by atoms with Gasteiger partial charge in [0.25, 0.3) is 0 Å². The first-order chi connectivity index (χ1) is 14.3. The van der Waals surface area contributed by atoms with Gasteiger partial charge in [-0.05, 0) is 48.2 Å². The molecule has 0 bridgehead atoms. The Morgan fingerprint density at radius 1 is 1.10 bits per heavy atom. The van der Waals surface area contributed by atoms with Crippen LogP contribution in [-0.2, 0) is 26.0 Å². The van der Waals surface area contributed by atoms with Gasteiger partial charge in [0.1, 0.15) is 5.82 Å². The number of rotatable bonds is 8. The maximum Gasteiger partial charge on any atom is 0.235 e. The number of hydrogen-bond donors (Lipinski definition) is 2. The van der Waals surface area contributed by atoms with E-state index in [1.807, 2.05) is 6.07 Å². The Kier molecular flexibility index (Phi) is 7.05. The Hall–Kier alpha value is -2.51. The second-order valence-electron chi connectivity index (χ2n) is 7.70. The van der Waals surface area contributed by atoms with Crippen molar-refractivity contribution < 1.29 is 17.6 Å². The topological polar surface area (TPSA) is 75.3 Å². The van der Waals surface area contributed by atoms with Crippen LogP contribution in [0.25, 0.3) is 0 Å². The Bertz CT molecular complexity index is 997. The van der Waals surface area contributed by atoms with Crippen LogP contribution in [0.1, 0.15) is 43.2 Å². The fraction of sp³-hybridized carbons (Fsp3) is 0.348. The van der Waals surface area contributed by atoms with E-state index in [0.717, 1.165) is 19.3 Å². The monoisotopic (exact) mass is 430 g/mol. The summed E-state index contributed by atoms with van der Waals surface area (Å²) in [4.78, 5) is 13.3. The highest BCUT2D eigenvalue weighted by Gasteiger charge is 2.41. The van der Waals surface area contributed by atoms with Crippen LogP contribution in [0.4, 0.5) is 10.1 Å². The van der Waals surface area contributed by atoms with Gasteiger partial charge in [-0.25, -0.2) is 17.5 Å². The number of hydrogen-bond acceptors (Lipinski definition) is 3. The highest BCUT2D eigenvalue weighted by atomic mass is 32.2. The van der Waals surface area contributed by atoms with E-state index in [1.165, 1.54) is 18.2 Å². The van der Waals surface area contributed by atoms with Gasteiger partial charge >= 0.3 is 0 Å². The summed E-state index contributed by atoms with van der Waals surface area (Å²) < 4.78 is 40.3. The van der Waals surface area contributed by atoms with Crippen LogP contribution < -0.4 is 10.0 Å². The van der Waals surface area contributed by atoms with Crippen LogP contribution in [0.3, 0.4) is 0 Å². The molecule has 0 atom stereocenters. The normalized spacial score (nSPS) is 16.0. The Morgan fingerprint density at radius 3 is 2.43 bits per heavy atom. The molecule has 30 heavy (non-hydrogen) atoms. The van der Waals surface area contributed by atoms with Crippen LogP contribution in [0.2, 0.25) is 0 Å². The summed E-state index contributed by atoms with van der Waals surface area (Å²) in [7, 11) is -3.44. The lowest BCUT2D eigenvalue weighted by atomic mass is 9.68. The van der Waals surface area contributed by atoms with Crippen molar-refractivity contribution in [3.05, 3.63) is 78.1 Å². The summed E-state index contributed by atoms with van der Waals surface area (Å²) in [5, 5.41) is 2.96. The van der Waals surface area contributed by atoms with Gasteiger partial charge in [-0.15, -0.1) is 6.58 Å². The predicted octanol–water partition coefficient (Wildman–Crippen LogP) is 4.27. The number of sulfonamides is 1. The molecule has 5 nitrogen and oxygen atoms in total. The lowest BCUT2D eigenvalue weighted by Crippen LogP contribution is -2.42. The minimum absolute atomic E-state index is 0.150. The number of anilines is 1. The Balaban J connectivity index is 1.75. The van der Waals surface area contributed by atoms with Gasteiger partial charge < -0.3 is 5.32 Å². The molecule has 7 heteroatoms. The van der Waals surface area contributed by atoms with Gasteiger partial charge in [-0.2, -0.15) is 0 Å². The summed E-state index contributed by atoms with van der Waals surface area (Å²) in [6.07, 6.45) is 5.72. The highest BCUT2D eigenvalue weighted by Crippen LogP contribution is 2.40. The van der Waals surface area contributed by atoms with Crippen LogP contribution in [0, 0.1) is 5.82 Å². The summed E-state index contributed by atoms with van der Waals surface area (Å²) in [6.45, 7) is 3.67. The average Bonchev–Trinajstić information content (AvgIpc) is 2.74. The van der Waals surface area contributed by atoms with Gasteiger partial charge in [-0.1, -0.05) is 49.6 Å². The SMILES string of the molecule is C=CCNS(=O)(=O)Cc1ccc(NC(=O)C2(c3cccc(F)c3)CCCCC2)cc1. The van der Waals surface area contributed by atoms with E-state index in [9.17, 15) is 17.6 Å². The van der Waals surface area contributed by atoms with Crippen LogP contribution in [-0.4, -0.2) is 20.9 Å². The van der Waals surface area contributed by atoms with Crippen molar-refractivity contribution in [3.63, 3.8) is 0 Å². The first-order valence-corrected chi connectivity index (χ1v) is 11.7. The summed E-state index contributed by atoms with van der Waals surface area (Å²) in [5.41, 5.74) is 1.15. The fourth-order valence-corrected chi connectivity index (χ4v) is 5.08. The van der Waals surface area contributed by atoms with E-state index < -0.39 is 15.4 Å². The predicted molar refractivity (Wildman–Crippen MR) is 117 cm³/mol. The Labute approximate surface area is 177 Å². The first-order valence-electron chi connectivity index (χ1n) is 10.1. The van der Waals surface area contributed by atoms with E-state index >= 15 is 0 Å². The number of carbonyl (C=O) groups excluding carboxylic acids is 1. The number of amides is 1. The van der Waals surface area contributed by atoms with Crippen molar-refractivity contribution >= 4 is 21.6 Å². The summed E-state index contributed by atoms with van der Waals surface area (Å²) in [5.74, 6) is -0.649. The molecular weight excluding hydrogens is 403 g/mol. The molecule has 0 aliphatic heterocycles. The number of benzene rings is 2. The molecule has 1 saturated carbocycles. The molecule has 0 aromatic heterocycles. The molecule has 1 aliphatic carbocycles. The number of nitrogens with one attached hydrogen (secondary N) is 2. The lowest BCUT2D eigenvalue weighted by molar-refractivity contribution is -0.122. The van der Waals surface area contributed by atoms with Crippen LogP contribution in [0.15, 0.2) is 61.2 Å². The maximum absolute atomic E-state index is 13.8. The second-order valence-corrected chi connectivity index (χ2v) is 9.51.